The summed E-state index contributed by atoms with van der Waals surface area (Å²) in [6.07, 6.45) is 2.62. The minimum atomic E-state index is -2.22. The molecule has 0 aromatic heterocycles. The first kappa shape index (κ1) is 11.1. The molecular weight excluding hydrogens is 229 g/mol. The van der Waals surface area contributed by atoms with Gasteiger partial charge in [0.15, 0.2) is 0 Å². The van der Waals surface area contributed by atoms with E-state index in [0.717, 1.165) is 13.0 Å². The molecule has 0 spiro atoms. The number of hydrogen-bond donors (Lipinski definition) is 2. The van der Waals surface area contributed by atoms with Crippen molar-refractivity contribution in [1.29, 1.82) is 0 Å². The quantitative estimate of drug-likeness (QED) is 0.574. The molecule has 0 bridgehead atoms. The van der Waals surface area contributed by atoms with Crippen molar-refractivity contribution in [2.45, 2.75) is 13.0 Å². The molecule has 1 aromatic carbocycles. The summed E-state index contributed by atoms with van der Waals surface area (Å²) in [6.45, 7) is 1.51. The number of nitrogens with zero attached hydrogens (tertiary/aromatic N) is 1. The Bertz CT molecular complexity index is 429. The van der Waals surface area contributed by atoms with Crippen molar-refractivity contribution in [3.05, 3.63) is 29.3 Å². The molecule has 2 rings (SSSR count). The third-order valence-corrected chi connectivity index (χ3v) is 5.19. The van der Waals surface area contributed by atoms with Crippen LogP contribution in [0.3, 0.4) is 0 Å². The van der Waals surface area contributed by atoms with E-state index < -0.39 is 9.74 Å². The Morgan fingerprint density at radius 1 is 1.47 bits per heavy atom. The van der Waals surface area contributed by atoms with Gasteiger partial charge in [-0.25, -0.2) is 4.31 Å². The molecule has 0 saturated carbocycles. The average molecular weight is 245 g/mol. The topological polar surface area (TPSA) is 40.5 Å². The fourth-order valence-corrected chi connectivity index (χ4v) is 3.39. The number of hydrogen-bond acceptors (Lipinski definition) is 2. The van der Waals surface area contributed by atoms with Crippen molar-refractivity contribution in [3.63, 3.8) is 0 Å². The standard InChI is InChI=1S/C10H16NO2PS/c1-15(13,14)11-5-4-8-6-10(12)3-2-9(8)7-11/h2-3,6,12,15H,4-5,7,14H2,1H3. The molecule has 1 heterocycles. The van der Waals surface area contributed by atoms with Gasteiger partial charge in [0.25, 0.3) is 0 Å². The van der Waals surface area contributed by atoms with Crippen molar-refractivity contribution >= 4 is 18.2 Å². The van der Waals surface area contributed by atoms with Crippen LogP contribution in [0.15, 0.2) is 18.2 Å². The van der Waals surface area contributed by atoms with Crippen molar-refractivity contribution in [3.8, 4) is 5.75 Å². The Morgan fingerprint density at radius 2 is 2.20 bits per heavy atom. The summed E-state index contributed by atoms with van der Waals surface area (Å²) in [5, 5.41) is 9.34. The second-order valence-corrected chi connectivity index (χ2v) is 9.36. The van der Waals surface area contributed by atoms with Gasteiger partial charge in [-0.2, -0.15) is 0 Å². The molecule has 1 atom stereocenters. The molecular formula is C10H16NO2PS. The largest absolute Gasteiger partial charge is 0.508 e. The summed E-state index contributed by atoms with van der Waals surface area (Å²) in [6, 6.07) is 5.40. The monoisotopic (exact) mass is 245 g/mol. The van der Waals surface area contributed by atoms with E-state index in [9.17, 15) is 9.32 Å². The van der Waals surface area contributed by atoms with Crippen LogP contribution in [0, 0.1) is 0 Å². The van der Waals surface area contributed by atoms with Gasteiger partial charge in [-0.05, 0) is 39.4 Å². The number of fused-ring (bicyclic) bond motifs is 1. The lowest BCUT2D eigenvalue weighted by molar-refractivity contribution is 0.417. The average Bonchev–Trinajstić information content (AvgIpc) is 2.15. The Hall–Kier alpha value is -0.440. The second kappa shape index (κ2) is 3.85. The Labute approximate surface area is 93.0 Å². The van der Waals surface area contributed by atoms with Gasteiger partial charge in [-0.15, -0.1) is 0 Å². The molecule has 0 fully saturated rings. The highest BCUT2D eigenvalue weighted by atomic mass is 32.8. The molecule has 0 aliphatic carbocycles. The van der Waals surface area contributed by atoms with E-state index in [1.54, 1.807) is 18.4 Å². The van der Waals surface area contributed by atoms with Crippen LogP contribution in [0.5, 0.6) is 5.75 Å². The fraction of sp³-hybridized carbons (Fsp3) is 0.400. The summed E-state index contributed by atoms with van der Waals surface area (Å²) in [4.78, 5) is 0. The summed E-state index contributed by atoms with van der Waals surface area (Å²) in [7, 11) is 0.220. The molecule has 1 aromatic rings. The van der Waals surface area contributed by atoms with E-state index in [0.29, 0.717) is 12.3 Å². The molecule has 0 radical (unpaired) electrons. The van der Waals surface area contributed by atoms with Crippen LogP contribution >= 0.6 is 8.44 Å². The molecule has 0 amide bonds. The zero-order valence-electron chi connectivity index (χ0n) is 8.68. The zero-order chi connectivity index (χ0) is 11.1. The van der Waals surface area contributed by atoms with Gasteiger partial charge in [-0.3, -0.25) is 4.21 Å². The van der Waals surface area contributed by atoms with Crippen molar-refractivity contribution in [1.82, 2.24) is 4.31 Å². The van der Waals surface area contributed by atoms with Gasteiger partial charge >= 0.3 is 0 Å². The predicted octanol–water partition coefficient (Wildman–Crippen LogP) is 1.10. The van der Waals surface area contributed by atoms with E-state index in [1.807, 2.05) is 10.4 Å². The first-order valence-corrected chi connectivity index (χ1v) is 8.61. The number of rotatable bonds is 1. The van der Waals surface area contributed by atoms with E-state index in [-0.39, 0.29) is 0 Å². The van der Waals surface area contributed by atoms with Gasteiger partial charge in [-0.1, -0.05) is 14.5 Å². The highest BCUT2D eigenvalue weighted by Crippen LogP contribution is 2.28. The first-order chi connectivity index (χ1) is 6.97. The third-order valence-electron chi connectivity index (χ3n) is 2.74. The fourth-order valence-electron chi connectivity index (χ4n) is 1.86. The van der Waals surface area contributed by atoms with E-state index >= 15 is 0 Å². The van der Waals surface area contributed by atoms with Crippen LogP contribution in [0.25, 0.3) is 0 Å². The zero-order valence-corrected chi connectivity index (χ0v) is 10.7. The predicted molar refractivity (Wildman–Crippen MR) is 67.4 cm³/mol. The Kier molecular flexibility index (Phi) is 2.84. The third kappa shape index (κ3) is 2.39. The maximum atomic E-state index is 11.9. The van der Waals surface area contributed by atoms with Crippen LogP contribution in [0.4, 0.5) is 0 Å². The van der Waals surface area contributed by atoms with Gasteiger partial charge in [0.05, 0.1) is 0 Å². The summed E-state index contributed by atoms with van der Waals surface area (Å²) in [5.41, 5.74) is 2.34. The van der Waals surface area contributed by atoms with Gasteiger partial charge in [0, 0.05) is 19.3 Å². The van der Waals surface area contributed by atoms with Gasteiger partial charge in [0.1, 0.15) is 5.75 Å². The highest BCUT2D eigenvalue weighted by Gasteiger charge is 2.21. The van der Waals surface area contributed by atoms with E-state index in [2.05, 4.69) is 8.44 Å². The summed E-state index contributed by atoms with van der Waals surface area (Å²) >= 11 is 0. The van der Waals surface area contributed by atoms with E-state index in [4.69, 9.17) is 0 Å². The number of phenols is 1. The van der Waals surface area contributed by atoms with Crippen molar-refractivity contribution in [2.24, 2.45) is 0 Å². The molecule has 84 valence electrons. The maximum absolute atomic E-state index is 11.9. The normalized spacial score (nSPS) is 18.5. The van der Waals surface area contributed by atoms with Gasteiger partial charge in [0.2, 0.25) is 0 Å². The lowest BCUT2D eigenvalue weighted by Gasteiger charge is -2.34. The molecule has 1 N–H and O–H groups in total. The smallest absolute Gasteiger partial charge is 0.115 e. The summed E-state index contributed by atoms with van der Waals surface area (Å²) < 4.78 is 13.9. The molecule has 1 aliphatic rings. The van der Waals surface area contributed by atoms with Crippen LogP contribution in [-0.4, -0.2) is 26.4 Å². The van der Waals surface area contributed by atoms with Crippen LogP contribution in [0.2, 0.25) is 0 Å². The van der Waals surface area contributed by atoms with Crippen LogP contribution in [0.1, 0.15) is 11.1 Å². The molecule has 5 heteroatoms. The summed E-state index contributed by atoms with van der Waals surface area (Å²) in [5.74, 6) is 0.313. The number of aromatic hydroxyl groups is 1. The Balaban J connectivity index is 2.28. The number of benzene rings is 1. The SMILES string of the molecule is C[SH](=O)(P)N1CCc2cc(O)ccc2C1. The first-order valence-electron chi connectivity index (χ1n) is 4.89. The Morgan fingerprint density at radius 3 is 2.87 bits per heavy atom. The number of phenolic OH excluding ortho intramolecular Hbond substituents is 1. The van der Waals surface area contributed by atoms with Gasteiger partial charge < -0.3 is 5.11 Å². The van der Waals surface area contributed by atoms with Crippen molar-refractivity contribution in [2.75, 3.05) is 12.8 Å². The highest BCUT2D eigenvalue weighted by molar-refractivity contribution is 8.43. The minimum Gasteiger partial charge on any atom is -0.508 e. The number of thiol groups is 1. The molecule has 1 unspecified atom stereocenters. The minimum absolute atomic E-state index is 0.313. The van der Waals surface area contributed by atoms with Crippen molar-refractivity contribution < 1.29 is 9.32 Å². The van der Waals surface area contributed by atoms with Crippen LogP contribution in [-0.2, 0) is 22.7 Å². The van der Waals surface area contributed by atoms with Crippen LogP contribution < -0.4 is 0 Å². The molecule has 15 heavy (non-hydrogen) atoms. The maximum Gasteiger partial charge on any atom is 0.115 e. The van der Waals surface area contributed by atoms with E-state index in [1.165, 1.54) is 11.1 Å². The molecule has 1 aliphatic heterocycles. The lowest BCUT2D eigenvalue weighted by Crippen LogP contribution is -2.36. The molecule has 0 saturated heterocycles. The lowest BCUT2D eigenvalue weighted by atomic mass is 10.0. The second-order valence-electron chi connectivity index (χ2n) is 4.03. The molecule has 3 nitrogen and oxygen atoms in total.